The van der Waals surface area contributed by atoms with Gasteiger partial charge in [-0.1, -0.05) is 13.0 Å². The van der Waals surface area contributed by atoms with Crippen LogP contribution >= 0.6 is 0 Å². The van der Waals surface area contributed by atoms with E-state index in [2.05, 4.69) is 9.97 Å². The molecule has 2 N–H and O–H groups in total. The van der Waals surface area contributed by atoms with Crippen molar-refractivity contribution in [3.05, 3.63) is 76.8 Å². The van der Waals surface area contributed by atoms with Crippen molar-refractivity contribution in [3.63, 3.8) is 0 Å². The number of carbonyl (C=O) groups is 1. The lowest BCUT2D eigenvalue weighted by atomic mass is 9.59. The monoisotopic (exact) mass is 565 g/mol. The molecule has 3 aromatic heterocycles. The second-order valence-corrected chi connectivity index (χ2v) is 11.6. The summed E-state index contributed by atoms with van der Waals surface area (Å²) in [6, 6.07) is 7.19. The van der Waals surface area contributed by atoms with Crippen LogP contribution in [0.5, 0.6) is 5.75 Å². The molecule has 1 aliphatic heterocycles. The Morgan fingerprint density at radius 1 is 1.20 bits per heavy atom. The first kappa shape index (κ1) is 25.9. The summed E-state index contributed by atoms with van der Waals surface area (Å²) in [5.41, 5.74) is 1.51. The SMILES string of the molecule is CN1C(=O)c2cccc(OC(F)F)c2C2CC1c1nn3cnc(-c4cnc(C5(O)CC(C)(CO)C5)c(F)c4)cc3c12. The summed E-state index contributed by atoms with van der Waals surface area (Å²) in [6.07, 6.45) is 3.77. The average Bonchev–Trinajstić information content (AvgIpc) is 3.44. The van der Waals surface area contributed by atoms with E-state index >= 15 is 4.39 Å². The van der Waals surface area contributed by atoms with Crippen LogP contribution in [0.15, 0.2) is 42.9 Å². The van der Waals surface area contributed by atoms with Gasteiger partial charge in [-0.15, -0.1) is 0 Å². The molecule has 1 aromatic carbocycles. The molecule has 3 aliphatic rings. The van der Waals surface area contributed by atoms with Gasteiger partial charge in [0.25, 0.3) is 5.91 Å². The fourth-order valence-electron chi connectivity index (χ4n) is 6.99. The van der Waals surface area contributed by atoms with E-state index in [-0.39, 0.29) is 42.8 Å². The molecule has 1 saturated carbocycles. The van der Waals surface area contributed by atoms with Gasteiger partial charge < -0.3 is 19.8 Å². The van der Waals surface area contributed by atoms with Crippen LogP contribution in [0.25, 0.3) is 16.8 Å². The van der Waals surface area contributed by atoms with E-state index in [1.165, 1.54) is 30.7 Å². The van der Waals surface area contributed by atoms with E-state index in [0.29, 0.717) is 40.0 Å². The average molecular weight is 566 g/mol. The minimum Gasteiger partial charge on any atom is -0.434 e. The molecule has 0 radical (unpaired) electrons. The first-order valence-corrected chi connectivity index (χ1v) is 13.2. The quantitative estimate of drug-likeness (QED) is 0.374. The van der Waals surface area contributed by atoms with E-state index in [1.807, 2.05) is 6.92 Å². The number of aliphatic hydroxyl groups excluding tert-OH is 1. The Morgan fingerprint density at radius 2 is 1.98 bits per heavy atom. The van der Waals surface area contributed by atoms with Crippen LogP contribution in [0.1, 0.15) is 71.0 Å². The molecule has 4 aromatic rings. The lowest BCUT2D eigenvalue weighted by Gasteiger charge is -2.50. The number of ether oxygens (including phenoxy) is 1. The Bertz CT molecular complexity index is 1740. The summed E-state index contributed by atoms with van der Waals surface area (Å²) in [6.45, 7) is -1.35. The fraction of sp³-hybridized carbons (Fsp3) is 0.379. The Kier molecular flexibility index (Phi) is 5.52. The van der Waals surface area contributed by atoms with Crippen LogP contribution in [-0.4, -0.2) is 60.9 Å². The smallest absolute Gasteiger partial charge is 0.387 e. The Labute approximate surface area is 232 Å². The van der Waals surface area contributed by atoms with Crippen molar-refractivity contribution >= 4 is 11.4 Å². The standard InChI is InChI=1S/C29H26F3N5O4/c1-28(12-38)10-29(40,11-28)25-17(30)6-14(9-33-25)18-8-19-23-16-7-20(24(23)35-37(19)13-34-18)36(2)26(39)15-4-3-5-21(22(15)16)41-27(31)32/h3-6,8-9,13,16,20,27,38,40H,7,10-12H2,1-2H3. The van der Waals surface area contributed by atoms with E-state index in [1.54, 1.807) is 28.6 Å². The number of hydrogen-bond acceptors (Lipinski definition) is 7. The maximum Gasteiger partial charge on any atom is 0.387 e. The van der Waals surface area contributed by atoms with Gasteiger partial charge in [0.05, 0.1) is 22.9 Å². The largest absolute Gasteiger partial charge is 0.434 e. The van der Waals surface area contributed by atoms with Crippen LogP contribution in [0.2, 0.25) is 0 Å². The molecular formula is C29H26F3N5O4. The van der Waals surface area contributed by atoms with Gasteiger partial charge in [0.1, 0.15) is 29.2 Å². The van der Waals surface area contributed by atoms with E-state index in [9.17, 15) is 23.8 Å². The third kappa shape index (κ3) is 3.77. The molecule has 2 aliphatic carbocycles. The van der Waals surface area contributed by atoms with E-state index < -0.39 is 29.4 Å². The van der Waals surface area contributed by atoms with Gasteiger partial charge in [0, 0.05) is 48.0 Å². The highest BCUT2D eigenvalue weighted by atomic mass is 19.3. The number of carbonyl (C=O) groups excluding carboxylic acids is 1. The molecule has 2 unspecified atom stereocenters. The summed E-state index contributed by atoms with van der Waals surface area (Å²) in [7, 11) is 1.66. The zero-order chi connectivity index (χ0) is 28.8. The fourth-order valence-corrected chi connectivity index (χ4v) is 6.99. The molecule has 1 fully saturated rings. The van der Waals surface area contributed by atoms with Crippen LogP contribution in [0.3, 0.4) is 0 Å². The number of aromatic nitrogens is 4. The number of hydrogen-bond donors (Lipinski definition) is 2. The topological polar surface area (TPSA) is 113 Å². The van der Waals surface area contributed by atoms with E-state index in [4.69, 9.17) is 9.84 Å². The summed E-state index contributed by atoms with van der Waals surface area (Å²) in [5, 5.41) is 25.1. The first-order chi connectivity index (χ1) is 19.5. The molecule has 12 heteroatoms. The molecule has 41 heavy (non-hydrogen) atoms. The molecule has 2 atom stereocenters. The molecular weight excluding hydrogens is 539 g/mol. The van der Waals surface area contributed by atoms with Crippen LogP contribution < -0.4 is 4.74 Å². The second-order valence-electron chi connectivity index (χ2n) is 11.6. The van der Waals surface area contributed by atoms with Crippen LogP contribution in [-0.2, 0) is 5.60 Å². The predicted octanol–water partition coefficient (Wildman–Crippen LogP) is 4.17. The van der Waals surface area contributed by atoms with Crippen molar-refractivity contribution in [2.75, 3.05) is 13.7 Å². The zero-order valence-electron chi connectivity index (χ0n) is 22.2. The van der Waals surface area contributed by atoms with Crippen molar-refractivity contribution in [3.8, 4) is 17.0 Å². The van der Waals surface area contributed by atoms with Gasteiger partial charge in [-0.2, -0.15) is 13.9 Å². The lowest BCUT2D eigenvalue weighted by Crippen LogP contribution is -2.50. The number of alkyl halides is 2. The van der Waals surface area contributed by atoms with Crippen molar-refractivity contribution < 1.29 is 32.9 Å². The number of nitrogens with zero attached hydrogens (tertiary/aromatic N) is 5. The van der Waals surface area contributed by atoms with Gasteiger partial charge in [0.15, 0.2) is 0 Å². The molecule has 2 bridgehead atoms. The minimum absolute atomic E-state index is 0.0561. The maximum atomic E-state index is 15.3. The molecule has 7 rings (SSSR count). The Morgan fingerprint density at radius 3 is 2.68 bits per heavy atom. The third-order valence-corrected chi connectivity index (χ3v) is 8.76. The zero-order valence-corrected chi connectivity index (χ0v) is 22.2. The predicted molar refractivity (Wildman–Crippen MR) is 139 cm³/mol. The van der Waals surface area contributed by atoms with Crippen LogP contribution in [0, 0.1) is 11.2 Å². The normalized spacial score (nSPS) is 26.6. The molecule has 212 valence electrons. The molecule has 9 nitrogen and oxygen atoms in total. The number of halogens is 3. The summed E-state index contributed by atoms with van der Waals surface area (Å²) >= 11 is 0. The van der Waals surface area contributed by atoms with Crippen molar-refractivity contribution in [2.24, 2.45) is 5.41 Å². The van der Waals surface area contributed by atoms with Gasteiger partial charge in [-0.05, 0) is 48.9 Å². The van der Waals surface area contributed by atoms with Gasteiger partial charge >= 0.3 is 6.61 Å². The van der Waals surface area contributed by atoms with Crippen molar-refractivity contribution in [1.29, 1.82) is 0 Å². The second kappa shape index (κ2) is 8.73. The van der Waals surface area contributed by atoms with Gasteiger partial charge in [-0.25, -0.2) is 13.9 Å². The molecule has 1 amide bonds. The van der Waals surface area contributed by atoms with Gasteiger partial charge in [0.2, 0.25) is 0 Å². The highest BCUT2D eigenvalue weighted by Gasteiger charge is 2.53. The number of fused-ring (bicyclic) bond motifs is 9. The summed E-state index contributed by atoms with van der Waals surface area (Å²) in [5.74, 6) is -1.49. The number of rotatable bonds is 5. The van der Waals surface area contributed by atoms with Gasteiger partial charge in [-0.3, -0.25) is 9.78 Å². The van der Waals surface area contributed by atoms with Crippen molar-refractivity contribution in [2.45, 2.75) is 50.4 Å². The lowest BCUT2D eigenvalue weighted by molar-refractivity contribution is -0.148. The number of amides is 1. The summed E-state index contributed by atoms with van der Waals surface area (Å²) < 4.78 is 48.4. The van der Waals surface area contributed by atoms with Crippen LogP contribution in [0.4, 0.5) is 13.2 Å². The van der Waals surface area contributed by atoms with Crippen molar-refractivity contribution in [1.82, 2.24) is 24.5 Å². The Balaban J connectivity index is 1.32. The number of pyridine rings is 1. The highest BCUT2D eigenvalue weighted by Crippen LogP contribution is 2.55. The summed E-state index contributed by atoms with van der Waals surface area (Å²) in [4.78, 5) is 23.6. The highest BCUT2D eigenvalue weighted by molar-refractivity contribution is 5.98. The molecule has 4 heterocycles. The van der Waals surface area contributed by atoms with E-state index in [0.717, 1.165) is 5.56 Å². The first-order valence-electron chi connectivity index (χ1n) is 13.2. The maximum absolute atomic E-state index is 15.3. The number of aliphatic hydroxyl groups is 2. The molecule has 0 saturated heterocycles. The third-order valence-electron chi connectivity index (χ3n) is 8.76. The minimum atomic E-state index is -3.06. The number of benzene rings is 1. The Hall–Kier alpha value is -4.03. The molecule has 0 spiro atoms.